The van der Waals surface area contributed by atoms with E-state index in [-0.39, 0.29) is 17.8 Å². The lowest BCUT2D eigenvalue weighted by atomic mass is 9.93. The van der Waals surface area contributed by atoms with E-state index in [0.717, 1.165) is 31.2 Å². The summed E-state index contributed by atoms with van der Waals surface area (Å²) in [5.74, 6) is 0.425. The third-order valence-corrected chi connectivity index (χ3v) is 5.93. The van der Waals surface area contributed by atoms with Crippen LogP contribution in [0.3, 0.4) is 0 Å². The van der Waals surface area contributed by atoms with Crippen molar-refractivity contribution in [2.45, 2.75) is 44.2 Å². The zero-order chi connectivity index (χ0) is 21.1. The van der Waals surface area contributed by atoms with Crippen LogP contribution in [0.2, 0.25) is 0 Å². The van der Waals surface area contributed by atoms with Crippen LogP contribution in [0.1, 0.15) is 41.6 Å². The van der Waals surface area contributed by atoms with Gasteiger partial charge in [-0.1, -0.05) is 30.3 Å². The maximum Gasteiger partial charge on any atom is 0.255 e. The lowest BCUT2D eigenvalue weighted by Gasteiger charge is -2.26. The molecular weight excluding hydrogens is 380 g/mol. The molecule has 0 saturated heterocycles. The Kier molecular flexibility index (Phi) is 6.06. The summed E-state index contributed by atoms with van der Waals surface area (Å²) in [6.07, 6.45) is 3.93. The minimum Gasteiger partial charge on any atom is -0.508 e. The van der Waals surface area contributed by atoms with Crippen LogP contribution in [0.5, 0.6) is 5.75 Å². The lowest BCUT2D eigenvalue weighted by Crippen LogP contribution is -2.35. The molecule has 0 radical (unpaired) electrons. The molecule has 0 atom stereocenters. The first kappa shape index (κ1) is 20.4. The Bertz CT molecular complexity index is 1020. The van der Waals surface area contributed by atoms with Gasteiger partial charge in [0.1, 0.15) is 17.1 Å². The van der Waals surface area contributed by atoms with Crippen LogP contribution in [-0.2, 0) is 6.42 Å². The molecule has 4 rings (SSSR count). The van der Waals surface area contributed by atoms with Crippen molar-refractivity contribution >= 4 is 16.9 Å². The van der Waals surface area contributed by atoms with Gasteiger partial charge in [-0.05, 0) is 50.8 Å². The third-order valence-electron chi connectivity index (χ3n) is 5.93. The van der Waals surface area contributed by atoms with E-state index < -0.39 is 0 Å². The van der Waals surface area contributed by atoms with E-state index in [1.54, 1.807) is 19.2 Å². The number of benzene rings is 2. The number of hydrogen-bond donors (Lipinski definition) is 4. The summed E-state index contributed by atoms with van der Waals surface area (Å²) >= 11 is 0. The van der Waals surface area contributed by atoms with E-state index in [0.29, 0.717) is 46.9 Å². The number of phenolic OH excluding ortho intramolecular Hbond substituents is 1. The Balaban J connectivity index is 1.68. The highest BCUT2D eigenvalue weighted by atomic mass is 16.3. The zero-order valence-electron chi connectivity index (χ0n) is 17.1. The highest BCUT2D eigenvalue weighted by molar-refractivity contribution is 6.12. The van der Waals surface area contributed by atoms with Gasteiger partial charge >= 0.3 is 0 Å². The third kappa shape index (κ3) is 4.06. The fourth-order valence-electron chi connectivity index (χ4n) is 4.32. The molecule has 30 heavy (non-hydrogen) atoms. The molecule has 1 saturated carbocycles. The summed E-state index contributed by atoms with van der Waals surface area (Å²) in [5, 5.41) is 27.2. The van der Waals surface area contributed by atoms with Crippen molar-refractivity contribution in [1.29, 1.82) is 0 Å². The molecule has 0 spiro atoms. The summed E-state index contributed by atoms with van der Waals surface area (Å²) in [7, 11) is 1.59. The molecule has 1 amide bonds. The van der Waals surface area contributed by atoms with Crippen LogP contribution < -0.4 is 10.6 Å². The number of rotatable bonds is 6. The fraction of sp³-hybridized carbons (Fsp3) is 0.375. The smallest absolute Gasteiger partial charge is 0.255 e. The zero-order valence-corrected chi connectivity index (χ0v) is 17.1. The number of phenols is 1. The topological polar surface area (TPSA) is 94.7 Å². The minimum atomic E-state index is -0.242. The predicted octanol–water partition coefficient (Wildman–Crippen LogP) is 3.60. The van der Waals surface area contributed by atoms with Crippen LogP contribution in [0.4, 0.5) is 0 Å². The van der Waals surface area contributed by atoms with E-state index in [4.69, 9.17) is 4.42 Å². The summed E-state index contributed by atoms with van der Waals surface area (Å²) < 4.78 is 6.09. The van der Waals surface area contributed by atoms with Crippen molar-refractivity contribution in [1.82, 2.24) is 10.6 Å². The Morgan fingerprint density at radius 2 is 1.83 bits per heavy atom. The van der Waals surface area contributed by atoms with E-state index in [9.17, 15) is 15.0 Å². The van der Waals surface area contributed by atoms with E-state index in [2.05, 4.69) is 10.6 Å². The molecule has 158 valence electrons. The second kappa shape index (κ2) is 8.90. The number of amides is 1. The highest BCUT2D eigenvalue weighted by Gasteiger charge is 2.25. The van der Waals surface area contributed by atoms with Gasteiger partial charge in [0.15, 0.2) is 0 Å². The maximum atomic E-state index is 12.8. The molecule has 3 aromatic rings. The molecule has 0 aliphatic heterocycles. The van der Waals surface area contributed by atoms with Crippen molar-refractivity contribution in [2.24, 2.45) is 0 Å². The van der Waals surface area contributed by atoms with Gasteiger partial charge < -0.3 is 25.3 Å². The van der Waals surface area contributed by atoms with Crippen LogP contribution in [0.25, 0.3) is 22.3 Å². The molecule has 1 aliphatic carbocycles. The number of furan rings is 1. The summed E-state index contributed by atoms with van der Waals surface area (Å²) in [6, 6.07) is 13.2. The molecule has 6 nitrogen and oxygen atoms in total. The first-order valence-electron chi connectivity index (χ1n) is 10.5. The average Bonchev–Trinajstić information content (AvgIpc) is 3.16. The number of carbonyl (C=O) groups excluding carboxylic acids is 1. The molecule has 1 fully saturated rings. The summed E-state index contributed by atoms with van der Waals surface area (Å²) in [5.41, 5.74) is 2.56. The van der Waals surface area contributed by atoms with E-state index in [1.165, 1.54) is 0 Å². The Labute approximate surface area is 175 Å². The number of aromatic hydroxyl groups is 1. The summed E-state index contributed by atoms with van der Waals surface area (Å²) in [6.45, 7) is 0.673. The van der Waals surface area contributed by atoms with Gasteiger partial charge in [0.05, 0.1) is 11.7 Å². The molecule has 4 N–H and O–H groups in total. The van der Waals surface area contributed by atoms with Crippen molar-refractivity contribution < 1.29 is 19.4 Å². The Morgan fingerprint density at radius 3 is 2.53 bits per heavy atom. The molecule has 6 heteroatoms. The Morgan fingerprint density at radius 1 is 1.10 bits per heavy atom. The highest BCUT2D eigenvalue weighted by Crippen LogP contribution is 2.38. The standard InChI is InChI=1S/C24H28N2O4/c1-25-24(29)22-21-18(13-14-26-16-7-9-17(27)10-8-16)19(28)11-12-20(21)30-23(22)15-5-3-2-4-6-15/h2-6,11-12,16-17,26-28H,7-10,13-14H2,1H3,(H,25,29). The molecular formula is C24H28N2O4. The number of carbonyl (C=O) groups is 1. The minimum absolute atomic E-state index is 0.161. The number of aliphatic hydroxyl groups excluding tert-OH is 1. The predicted molar refractivity (Wildman–Crippen MR) is 117 cm³/mol. The SMILES string of the molecule is CNC(=O)c1c(-c2ccccc2)oc2ccc(O)c(CCNC3CCC(O)CC3)c12. The number of nitrogens with one attached hydrogen (secondary N) is 2. The molecule has 1 aliphatic rings. The number of aliphatic hydroxyl groups is 1. The molecule has 2 aromatic carbocycles. The van der Waals surface area contributed by atoms with Gasteiger partial charge in [-0.25, -0.2) is 0 Å². The van der Waals surface area contributed by atoms with Crippen molar-refractivity contribution in [2.75, 3.05) is 13.6 Å². The van der Waals surface area contributed by atoms with Gasteiger partial charge in [0, 0.05) is 29.6 Å². The quantitative estimate of drug-likeness (QED) is 0.500. The lowest BCUT2D eigenvalue weighted by molar-refractivity contribution is 0.0964. The van der Waals surface area contributed by atoms with Crippen LogP contribution in [-0.4, -0.2) is 41.9 Å². The Hall–Kier alpha value is -2.83. The molecule has 1 heterocycles. The van der Waals surface area contributed by atoms with Crippen molar-refractivity contribution in [3.63, 3.8) is 0 Å². The van der Waals surface area contributed by atoms with Crippen molar-refractivity contribution in [3.8, 4) is 17.1 Å². The number of hydrogen-bond acceptors (Lipinski definition) is 5. The largest absolute Gasteiger partial charge is 0.508 e. The molecule has 0 bridgehead atoms. The number of fused-ring (bicyclic) bond motifs is 1. The monoisotopic (exact) mass is 408 g/mol. The average molecular weight is 408 g/mol. The normalized spacial score (nSPS) is 19.1. The van der Waals surface area contributed by atoms with Crippen LogP contribution in [0.15, 0.2) is 46.9 Å². The van der Waals surface area contributed by atoms with Gasteiger partial charge in [-0.3, -0.25) is 4.79 Å². The van der Waals surface area contributed by atoms with Gasteiger partial charge in [-0.15, -0.1) is 0 Å². The van der Waals surface area contributed by atoms with Gasteiger partial charge in [0.2, 0.25) is 0 Å². The fourth-order valence-corrected chi connectivity index (χ4v) is 4.32. The first-order chi connectivity index (χ1) is 14.6. The molecule has 0 unspecified atom stereocenters. The van der Waals surface area contributed by atoms with Crippen molar-refractivity contribution in [3.05, 3.63) is 53.6 Å². The second-order valence-electron chi connectivity index (χ2n) is 7.90. The van der Waals surface area contributed by atoms with E-state index in [1.807, 2.05) is 30.3 Å². The van der Waals surface area contributed by atoms with E-state index >= 15 is 0 Å². The maximum absolute atomic E-state index is 12.8. The van der Waals surface area contributed by atoms with Crippen LogP contribution in [0, 0.1) is 0 Å². The summed E-state index contributed by atoms with van der Waals surface area (Å²) in [4.78, 5) is 12.8. The molecule has 1 aromatic heterocycles. The first-order valence-corrected chi connectivity index (χ1v) is 10.5. The second-order valence-corrected chi connectivity index (χ2v) is 7.90. The van der Waals surface area contributed by atoms with Gasteiger partial charge in [-0.2, -0.15) is 0 Å². The van der Waals surface area contributed by atoms with Gasteiger partial charge in [0.25, 0.3) is 5.91 Å². The van der Waals surface area contributed by atoms with Crippen LogP contribution >= 0.6 is 0 Å².